The largest absolute Gasteiger partial charge is 0.123 e. The van der Waals surface area contributed by atoms with Crippen molar-refractivity contribution in [2.24, 2.45) is 0 Å². The standard InChI is InChI=1S/C6H8Cl/c7-6-4-2-1-3-5-6/h2,6H,3-5H2. The molecule has 0 fully saturated rings. The minimum absolute atomic E-state index is 0.390. The molecule has 0 spiro atoms. The maximum Gasteiger partial charge on any atom is 0.0373 e. The lowest BCUT2D eigenvalue weighted by Crippen LogP contribution is -1.98. The van der Waals surface area contributed by atoms with E-state index in [4.69, 9.17) is 11.6 Å². The molecule has 1 aliphatic rings. The highest BCUT2D eigenvalue weighted by atomic mass is 35.5. The quantitative estimate of drug-likeness (QED) is 0.425. The number of rotatable bonds is 0. The second kappa shape index (κ2) is 2.37. The second-order valence-electron chi connectivity index (χ2n) is 1.78. The van der Waals surface area contributed by atoms with Crippen LogP contribution in [0.15, 0.2) is 6.08 Å². The highest BCUT2D eigenvalue weighted by Gasteiger charge is 2.03. The molecule has 1 atom stereocenters. The first-order valence-corrected chi connectivity index (χ1v) is 3.02. The van der Waals surface area contributed by atoms with Gasteiger partial charge >= 0.3 is 0 Å². The van der Waals surface area contributed by atoms with Gasteiger partial charge < -0.3 is 0 Å². The van der Waals surface area contributed by atoms with Crippen molar-refractivity contribution in [1.29, 1.82) is 0 Å². The molecule has 0 saturated carbocycles. The Hall–Kier alpha value is 0.0300. The van der Waals surface area contributed by atoms with Gasteiger partial charge in [-0.25, -0.2) is 0 Å². The van der Waals surface area contributed by atoms with Gasteiger partial charge in [-0.1, -0.05) is 6.08 Å². The molecule has 0 saturated heterocycles. The molecule has 1 radical (unpaired) electrons. The first kappa shape index (κ1) is 5.17. The number of halogens is 1. The van der Waals surface area contributed by atoms with Crippen LogP contribution in [-0.2, 0) is 0 Å². The maximum atomic E-state index is 5.75. The van der Waals surface area contributed by atoms with E-state index in [-0.39, 0.29) is 0 Å². The molecule has 0 N–H and O–H groups in total. The number of hydrogen-bond donors (Lipinski definition) is 0. The summed E-state index contributed by atoms with van der Waals surface area (Å²) in [4.78, 5) is 0. The zero-order valence-corrected chi connectivity index (χ0v) is 4.91. The van der Waals surface area contributed by atoms with Crippen molar-refractivity contribution in [3.8, 4) is 0 Å². The molecule has 0 heterocycles. The molecule has 0 nitrogen and oxygen atoms in total. The highest BCUT2D eigenvalue weighted by molar-refractivity contribution is 6.20. The second-order valence-corrected chi connectivity index (χ2v) is 2.40. The van der Waals surface area contributed by atoms with Crippen molar-refractivity contribution in [2.45, 2.75) is 24.6 Å². The fraction of sp³-hybridized carbons (Fsp3) is 0.667. The van der Waals surface area contributed by atoms with Gasteiger partial charge in [-0.2, -0.15) is 0 Å². The average molecular weight is 116 g/mol. The highest BCUT2D eigenvalue weighted by Crippen LogP contribution is 2.14. The van der Waals surface area contributed by atoms with E-state index in [1.54, 1.807) is 0 Å². The summed E-state index contributed by atoms with van der Waals surface area (Å²) in [5.74, 6) is 0. The van der Waals surface area contributed by atoms with Crippen LogP contribution in [0.2, 0.25) is 0 Å². The summed E-state index contributed by atoms with van der Waals surface area (Å²) in [6, 6.07) is 0. The third-order valence-corrected chi connectivity index (χ3v) is 1.52. The summed E-state index contributed by atoms with van der Waals surface area (Å²) in [6.45, 7) is 0. The van der Waals surface area contributed by atoms with Gasteiger partial charge in [-0.3, -0.25) is 0 Å². The fourth-order valence-corrected chi connectivity index (χ4v) is 0.869. The molecule has 1 rings (SSSR count). The minimum atomic E-state index is 0.390. The Labute approximate surface area is 49.2 Å². The van der Waals surface area contributed by atoms with Gasteiger partial charge in [0.1, 0.15) is 0 Å². The van der Waals surface area contributed by atoms with Gasteiger partial charge in [0.05, 0.1) is 0 Å². The van der Waals surface area contributed by atoms with E-state index < -0.39 is 0 Å². The molecule has 7 heavy (non-hydrogen) atoms. The molecule has 0 bridgehead atoms. The molecular formula is C6H8Cl. The lowest BCUT2D eigenvalue weighted by atomic mass is 10.1. The third-order valence-electron chi connectivity index (χ3n) is 1.12. The molecule has 1 heteroatoms. The average Bonchev–Trinajstić information content (AvgIpc) is 1.69. The van der Waals surface area contributed by atoms with Crippen molar-refractivity contribution < 1.29 is 0 Å². The van der Waals surface area contributed by atoms with Crippen molar-refractivity contribution in [3.63, 3.8) is 0 Å². The lowest BCUT2D eigenvalue weighted by Gasteiger charge is -2.06. The van der Waals surface area contributed by atoms with E-state index in [2.05, 4.69) is 6.08 Å². The minimum Gasteiger partial charge on any atom is -0.123 e. The first-order chi connectivity index (χ1) is 3.39. The Bertz CT molecular complexity index is 76.2. The van der Waals surface area contributed by atoms with E-state index >= 15 is 0 Å². The lowest BCUT2D eigenvalue weighted by molar-refractivity contribution is 0.727. The molecule has 1 unspecified atom stereocenters. The molecule has 0 aromatic heterocycles. The summed E-state index contributed by atoms with van der Waals surface area (Å²) in [7, 11) is 0. The SMILES string of the molecule is ClC1CC=[C]CC1. The van der Waals surface area contributed by atoms with Crippen LogP contribution in [-0.4, -0.2) is 5.38 Å². The Balaban J connectivity index is 2.32. The Morgan fingerprint density at radius 1 is 1.71 bits per heavy atom. The third kappa shape index (κ3) is 1.52. The van der Waals surface area contributed by atoms with E-state index in [1.165, 1.54) is 0 Å². The molecule has 39 valence electrons. The Morgan fingerprint density at radius 3 is 2.86 bits per heavy atom. The predicted octanol–water partition coefficient (Wildman–Crippen LogP) is 2.14. The molecule has 1 aliphatic carbocycles. The van der Waals surface area contributed by atoms with E-state index in [0.29, 0.717) is 5.38 Å². The number of alkyl halides is 1. The summed E-state index contributed by atoms with van der Waals surface area (Å²) in [5, 5.41) is 0.390. The normalized spacial score (nSPS) is 30.7. The van der Waals surface area contributed by atoms with Gasteiger partial charge in [0.25, 0.3) is 0 Å². The first-order valence-electron chi connectivity index (χ1n) is 2.59. The van der Waals surface area contributed by atoms with Gasteiger partial charge in [-0.05, 0) is 25.3 Å². The van der Waals surface area contributed by atoms with Crippen LogP contribution in [0.4, 0.5) is 0 Å². The molecule has 0 aliphatic heterocycles. The van der Waals surface area contributed by atoms with Crippen molar-refractivity contribution >= 4 is 11.6 Å². The van der Waals surface area contributed by atoms with Crippen LogP contribution >= 0.6 is 11.6 Å². The van der Waals surface area contributed by atoms with Crippen LogP contribution in [0.3, 0.4) is 0 Å². The number of allylic oxidation sites excluding steroid dienone is 2. The van der Waals surface area contributed by atoms with Gasteiger partial charge in [0, 0.05) is 5.38 Å². The van der Waals surface area contributed by atoms with E-state index in [0.717, 1.165) is 19.3 Å². The van der Waals surface area contributed by atoms with Crippen LogP contribution in [0, 0.1) is 6.08 Å². The Kier molecular flexibility index (Phi) is 1.75. The van der Waals surface area contributed by atoms with Gasteiger partial charge in [-0.15, -0.1) is 11.6 Å². The summed E-state index contributed by atoms with van der Waals surface area (Å²) < 4.78 is 0. The molecule has 0 aromatic carbocycles. The molecule has 0 aromatic rings. The number of hydrogen-bond acceptors (Lipinski definition) is 0. The van der Waals surface area contributed by atoms with Gasteiger partial charge in [0.2, 0.25) is 0 Å². The van der Waals surface area contributed by atoms with Crippen LogP contribution in [0.1, 0.15) is 19.3 Å². The fourth-order valence-electron chi connectivity index (χ4n) is 0.671. The maximum absolute atomic E-state index is 5.75. The molecular weight excluding hydrogens is 108 g/mol. The van der Waals surface area contributed by atoms with Gasteiger partial charge in [0.15, 0.2) is 0 Å². The Morgan fingerprint density at radius 2 is 2.57 bits per heavy atom. The van der Waals surface area contributed by atoms with E-state index in [9.17, 15) is 0 Å². The predicted molar refractivity (Wildman–Crippen MR) is 31.3 cm³/mol. The zero-order valence-electron chi connectivity index (χ0n) is 4.15. The van der Waals surface area contributed by atoms with Crippen LogP contribution < -0.4 is 0 Å². The topological polar surface area (TPSA) is 0 Å². The molecule has 0 amide bonds. The van der Waals surface area contributed by atoms with Crippen LogP contribution in [0.5, 0.6) is 0 Å². The summed E-state index contributed by atoms with van der Waals surface area (Å²) in [5.41, 5.74) is 0. The van der Waals surface area contributed by atoms with Crippen molar-refractivity contribution in [2.75, 3.05) is 0 Å². The van der Waals surface area contributed by atoms with Crippen molar-refractivity contribution in [1.82, 2.24) is 0 Å². The van der Waals surface area contributed by atoms with Crippen molar-refractivity contribution in [3.05, 3.63) is 12.2 Å². The zero-order chi connectivity index (χ0) is 5.11. The summed E-state index contributed by atoms with van der Waals surface area (Å²) in [6.07, 6.45) is 8.31. The van der Waals surface area contributed by atoms with Crippen LogP contribution in [0.25, 0.3) is 0 Å². The smallest absolute Gasteiger partial charge is 0.0373 e. The monoisotopic (exact) mass is 115 g/mol. The van der Waals surface area contributed by atoms with E-state index in [1.807, 2.05) is 6.08 Å². The summed E-state index contributed by atoms with van der Waals surface area (Å²) >= 11 is 5.75.